The molecular formula is C19H23NO5. The van der Waals surface area contributed by atoms with Crippen LogP contribution in [0.4, 0.5) is 0 Å². The molecule has 0 saturated heterocycles. The Kier molecular flexibility index (Phi) is 6.91. The number of carbonyl (C=O) groups excluding carboxylic acids is 1. The Labute approximate surface area is 147 Å². The lowest BCUT2D eigenvalue weighted by Crippen LogP contribution is -2.17. The molecule has 1 aromatic heterocycles. The van der Waals surface area contributed by atoms with Crippen LogP contribution >= 0.6 is 0 Å². The van der Waals surface area contributed by atoms with Crippen molar-refractivity contribution in [2.75, 3.05) is 27.4 Å². The van der Waals surface area contributed by atoms with Crippen molar-refractivity contribution in [3.8, 4) is 17.0 Å². The third kappa shape index (κ3) is 4.55. The van der Waals surface area contributed by atoms with Gasteiger partial charge < -0.3 is 18.9 Å². The Hall–Kier alpha value is -2.44. The van der Waals surface area contributed by atoms with Gasteiger partial charge in [0, 0.05) is 18.8 Å². The summed E-state index contributed by atoms with van der Waals surface area (Å²) < 4.78 is 21.3. The zero-order valence-corrected chi connectivity index (χ0v) is 14.9. The summed E-state index contributed by atoms with van der Waals surface area (Å²) in [6, 6.07) is 11.0. The Morgan fingerprint density at radius 2 is 1.64 bits per heavy atom. The Morgan fingerprint density at radius 3 is 2.16 bits per heavy atom. The van der Waals surface area contributed by atoms with Gasteiger partial charge >= 0.3 is 5.97 Å². The highest BCUT2D eigenvalue weighted by Crippen LogP contribution is 2.27. The van der Waals surface area contributed by atoms with Gasteiger partial charge in [0.05, 0.1) is 25.5 Å². The maximum atomic E-state index is 12.1. The molecule has 0 spiro atoms. The van der Waals surface area contributed by atoms with Crippen LogP contribution in [0.2, 0.25) is 0 Å². The van der Waals surface area contributed by atoms with Crippen molar-refractivity contribution in [1.29, 1.82) is 0 Å². The summed E-state index contributed by atoms with van der Waals surface area (Å²) in [7, 11) is 2.95. The first-order valence-electron chi connectivity index (χ1n) is 8.11. The van der Waals surface area contributed by atoms with E-state index in [-0.39, 0.29) is 0 Å². The molecule has 6 nitrogen and oxygen atoms in total. The molecule has 0 fully saturated rings. The smallest absolute Gasteiger partial charge is 0.339 e. The van der Waals surface area contributed by atoms with Gasteiger partial charge in [-0.25, -0.2) is 9.78 Å². The molecule has 0 N–H and O–H groups in total. The van der Waals surface area contributed by atoms with Crippen molar-refractivity contribution < 1.29 is 23.7 Å². The molecular weight excluding hydrogens is 322 g/mol. The van der Waals surface area contributed by atoms with E-state index in [1.54, 1.807) is 19.2 Å². The Morgan fingerprint density at radius 1 is 1.00 bits per heavy atom. The molecule has 0 unspecified atom stereocenters. The molecule has 0 aliphatic heterocycles. The van der Waals surface area contributed by atoms with Gasteiger partial charge in [0.15, 0.2) is 0 Å². The van der Waals surface area contributed by atoms with Crippen molar-refractivity contribution in [3.05, 3.63) is 47.7 Å². The quantitative estimate of drug-likeness (QED) is 0.538. The maximum Gasteiger partial charge on any atom is 0.339 e. The number of rotatable bonds is 8. The van der Waals surface area contributed by atoms with Gasteiger partial charge in [0.25, 0.3) is 0 Å². The number of aromatic nitrogens is 1. The van der Waals surface area contributed by atoms with Crippen LogP contribution in [0, 0.1) is 0 Å². The number of benzene rings is 1. The van der Waals surface area contributed by atoms with E-state index in [1.807, 2.05) is 38.1 Å². The van der Waals surface area contributed by atoms with Gasteiger partial charge in [0.2, 0.25) is 6.29 Å². The van der Waals surface area contributed by atoms with E-state index >= 15 is 0 Å². The molecule has 0 saturated carbocycles. The monoisotopic (exact) mass is 345 g/mol. The van der Waals surface area contributed by atoms with Crippen molar-refractivity contribution in [2.45, 2.75) is 20.1 Å². The molecule has 134 valence electrons. The number of esters is 1. The van der Waals surface area contributed by atoms with Crippen LogP contribution in [-0.2, 0) is 14.2 Å². The SMILES string of the molecule is CCOC(OCC)c1nc(-c2ccc(OC)cc2)ccc1C(=O)OC. The highest BCUT2D eigenvalue weighted by Gasteiger charge is 2.23. The minimum absolute atomic E-state index is 0.326. The van der Waals surface area contributed by atoms with Crippen LogP contribution < -0.4 is 4.74 Å². The topological polar surface area (TPSA) is 66.9 Å². The van der Waals surface area contributed by atoms with Crippen LogP contribution in [0.3, 0.4) is 0 Å². The normalized spacial score (nSPS) is 10.8. The average molecular weight is 345 g/mol. The molecule has 1 heterocycles. The molecule has 0 radical (unpaired) electrons. The molecule has 0 aliphatic rings. The first-order chi connectivity index (χ1) is 12.1. The Balaban J connectivity index is 2.49. The van der Waals surface area contributed by atoms with Crippen LogP contribution in [0.15, 0.2) is 36.4 Å². The van der Waals surface area contributed by atoms with Crippen LogP contribution in [0.1, 0.15) is 36.2 Å². The van der Waals surface area contributed by atoms with E-state index in [1.165, 1.54) is 7.11 Å². The van der Waals surface area contributed by atoms with Crippen LogP contribution in [0.25, 0.3) is 11.3 Å². The third-order valence-electron chi connectivity index (χ3n) is 3.58. The van der Waals surface area contributed by atoms with Gasteiger partial charge in [-0.15, -0.1) is 0 Å². The van der Waals surface area contributed by atoms with E-state index in [9.17, 15) is 4.79 Å². The van der Waals surface area contributed by atoms with Gasteiger partial charge in [-0.3, -0.25) is 0 Å². The molecule has 25 heavy (non-hydrogen) atoms. The second-order valence-corrected chi connectivity index (χ2v) is 5.09. The van der Waals surface area contributed by atoms with E-state index in [2.05, 4.69) is 4.98 Å². The second-order valence-electron chi connectivity index (χ2n) is 5.09. The fourth-order valence-electron chi connectivity index (χ4n) is 2.37. The molecule has 0 bridgehead atoms. The fraction of sp³-hybridized carbons (Fsp3) is 0.368. The number of hydrogen-bond acceptors (Lipinski definition) is 6. The molecule has 2 aromatic rings. The highest BCUT2D eigenvalue weighted by atomic mass is 16.7. The number of methoxy groups -OCH3 is 2. The molecule has 6 heteroatoms. The van der Waals surface area contributed by atoms with E-state index in [4.69, 9.17) is 18.9 Å². The van der Waals surface area contributed by atoms with Crippen molar-refractivity contribution in [1.82, 2.24) is 4.98 Å². The van der Waals surface area contributed by atoms with E-state index in [0.29, 0.717) is 30.2 Å². The van der Waals surface area contributed by atoms with Crippen molar-refractivity contribution in [2.24, 2.45) is 0 Å². The zero-order valence-electron chi connectivity index (χ0n) is 14.9. The number of carbonyl (C=O) groups is 1. The summed E-state index contributed by atoms with van der Waals surface area (Å²) in [4.78, 5) is 16.7. The van der Waals surface area contributed by atoms with Crippen LogP contribution in [-0.4, -0.2) is 38.4 Å². The highest BCUT2D eigenvalue weighted by molar-refractivity contribution is 5.91. The summed E-state index contributed by atoms with van der Waals surface area (Å²) in [5.41, 5.74) is 2.33. The summed E-state index contributed by atoms with van der Waals surface area (Å²) in [6.45, 7) is 4.58. The number of hydrogen-bond donors (Lipinski definition) is 0. The predicted molar refractivity (Wildman–Crippen MR) is 93.6 cm³/mol. The van der Waals surface area contributed by atoms with Gasteiger partial charge in [-0.05, 0) is 50.2 Å². The standard InChI is InChI=1S/C19H23NO5/c1-5-24-19(25-6-2)17-15(18(21)23-4)11-12-16(20-17)13-7-9-14(22-3)10-8-13/h7-12,19H,5-6H2,1-4H3. The van der Waals surface area contributed by atoms with Gasteiger partial charge in [0.1, 0.15) is 11.4 Å². The summed E-state index contributed by atoms with van der Waals surface area (Å²) in [5.74, 6) is 0.282. The lowest BCUT2D eigenvalue weighted by molar-refractivity contribution is -0.142. The van der Waals surface area contributed by atoms with Crippen molar-refractivity contribution >= 4 is 5.97 Å². The molecule has 2 rings (SSSR count). The van der Waals surface area contributed by atoms with Gasteiger partial charge in [-0.2, -0.15) is 0 Å². The largest absolute Gasteiger partial charge is 0.497 e. The summed E-state index contributed by atoms with van der Waals surface area (Å²) in [5, 5.41) is 0. The second kappa shape index (κ2) is 9.15. The third-order valence-corrected chi connectivity index (χ3v) is 3.58. The van der Waals surface area contributed by atoms with Crippen molar-refractivity contribution in [3.63, 3.8) is 0 Å². The number of pyridine rings is 1. The molecule has 0 aliphatic carbocycles. The summed E-state index contributed by atoms with van der Waals surface area (Å²) in [6.07, 6.45) is -0.734. The molecule has 1 aromatic carbocycles. The maximum absolute atomic E-state index is 12.1. The fourth-order valence-corrected chi connectivity index (χ4v) is 2.37. The lowest BCUT2D eigenvalue weighted by atomic mass is 10.1. The average Bonchev–Trinajstić information content (AvgIpc) is 2.67. The molecule has 0 atom stereocenters. The zero-order chi connectivity index (χ0) is 18.2. The lowest BCUT2D eigenvalue weighted by Gasteiger charge is -2.19. The van der Waals surface area contributed by atoms with Gasteiger partial charge in [-0.1, -0.05) is 0 Å². The summed E-state index contributed by atoms with van der Waals surface area (Å²) >= 11 is 0. The van der Waals surface area contributed by atoms with E-state index in [0.717, 1.165) is 11.3 Å². The molecule has 0 amide bonds. The first-order valence-corrected chi connectivity index (χ1v) is 8.11. The minimum Gasteiger partial charge on any atom is -0.497 e. The number of nitrogens with zero attached hydrogens (tertiary/aromatic N) is 1. The first kappa shape index (κ1) is 18.9. The van der Waals surface area contributed by atoms with Crippen LogP contribution in [0.5, 0.6) is 5.75 Å². The predicted octanol–water partition coefficient (Wildman–Crippen LogP) is 3.62. The Bertz CT molecular complexity index is 693. The van der Waals surface area contributed by atoms with E-state index < -0.39 is 12.3 Å². The minimum atomic E-state index is -0.734. The number of ether oxygens (including phenoxy) is 4.